The molecule has 1 saturated heterocycles. The van der Waals surface area contributed by atoms with Gasteiger partial charge in [0.15, 0.2) is 0 Å². The molecule has 1 unspecified atom stereocenters. The highest BCUT2D eigenvalue weighted by atomic mass is 127. The number of carbonyl (C=O) groups excluding carboxylic acids is 4. The van der Waals surface area contributed by atoms with Gasteiger partial charge in [-0.2, -0.15) is 0 Å². The molecule has 3 aromatic rings. The molecule has 0 aliphatic carbocycles. The molecule has 1 aliphatic rings. The lowest BCUT2D eigenvalue weighted by molar-refractivity contribution is -0.913. The van der Waals surface area contributed by atoms with Crippen molar-refractivity contribution in [1.29, 1.82) is 0 Å². The van der Waals surface area contributed by atoms with Crippen molar-refractivity contribution in [3.8, 4) is 16.9 Å². The van der Waals surface area contributed by atoms with Gasteiger partial charge in [-0.05, 0) is 55.2 Å². The van der Waals surface area contributed by atoms with Crippen LogP contribution in [0.4, 0.5) is 10.5 Å². The molecule has 0 bridgehead atoms. The summed E-state index contributed by atoms with van der Waals surface area (Å²) in [6.45, 7) is 8.93. The predicted molar refractivity (Wildman–Crippen MR) is 189 cm³/mol. The number of hydrogen-bond donors (Lipinski definition) is 2. The molecule has 0 aromatic heterocycles. The van der Waals surface area contributed by atoms with E-state index in [-0.39, 0.29) is 53.4 Å². The third-order valence-corrected chi connectivity index (χ3v) is 8.96. The normalized spacial score (nSPS) is 17.5. The number of hydrogen-bond acceptors (Lipinski definition) is 7. The molecule has 1 fully saturated rings. The number of nitrogens with zero attached hydrogens (tertiary/aromatic N) is 1. The fourth-order valence-corrected chi connectivity index (χ4v) is 5.71. The molecular formula is C39H50IN3O7. The molecule has 2 N–H and O–H groups in total. The summed E-state index contributed by atoms with van der Waals surface area (Å²) in [5, 5.41) is 6.04. The number of ether oxygens (including phenoxy) is 3. The van der Waals surface area contributed by atoms with Gasteiger partial charge in [-0.1, -0.05) is 69.3 Å². The van der Waals surface area contributed by atoms with Crippen LogP contribution in [-0.4, -0.2) is 74.4 Å². The second-order valence-corrected chi connectivity index (χ2v) is 13.4. The number of quaternary nitrogens is 1. The van der Waals surface area contributed by atoms with Gasteiger partial charge >= 0.3 is 18.0 Å². The maximum atomic E-state index is 12.8. The molecule has 11 heteroatoms. The third-order valence-electron chi connectivity index (χ3n) is 8.96. The van der Waals surface area contributed by atoms with E-state index >= 15 is 0 Å². The molecular weight excluding hydrogens is 749 g/mol. The van der Waals surface area contributed by atoms with Gasteiger partial charge in [-0.25, -0.2) is 9.59 Å². The fourth-order valence-electron chi connectivity index (χ4n) is 5.71. The number of likely N-dealkylation sites (tertiary alicyclic amines) is 1. The first-order valence-corrected chi connectivity index (χ1v) is 17.3. The first kappa shape index (κ1) is 40.5. The second-order valence-electron chi connectivity index (χ2n) is 13.4. The molecule has 4 rings (SSSR count). The Bertz CT molecular complexity index is 1540. The van der Waals surface area contributed by atoms with Gasteiger partial charge in [0.2, 0.25) is 5.91 Å². The molecule has 1 atom stereocenters. The maximum Gasteiger partial charge on any atom is 0.411 e. The molecule has 270 valence electrons. The van der Waals surface area contributed by atoms with E-state index in [4.69, 9.17) is 14.2 Å². The Morgan fingerprint density at radius 3 is 2.20 bits per heavy atom. The van der Waals surface area contributed by atoms with Gasteiger partial charge in [-0.15, -0.1) is 0 Å². The van der Waals surface area contributed by atoms with E-state index in [0.29, 0.717) is 18.9 Å². The van der Waals surface area contributed by atoms with Gasteiger partial charge < -0.3 is 48.0 Å². The van der Waals surface area contributed by atoms with E-state index < -0.39 is 18.0 Å². The van der Waals surface area contributed by atoms with Gasteiger partial charge in [0.25, 0.3) is 0 Å². The number of benzene rings is 3. The summed E-state index contributed by atoms with van der Waals surface area (Å²) in [5.74, 6) is -1.04. The minimum Gasteiger partial charge on any atom is -1.00 e. The highest BCUT2D eigenvalue weighted by Gasteiger charge is 2.32. The van der Waals surface area contributed by atoms with E-state index in [1.807, 2.05) is 61.5 Å². The van der Waals surface area contributed by atoms with Crippen molar-refractivity contribution in [1.82, 2.24) is 5.32 Å². The Balaban J connectivity index is 0.00000676. The largest absolute Gasteiger partial charge is 1.00 e. The monoisotopic (exact) mass is 799 g/mol. The summed E-state index contributed by atoms with van der Waals surface area (Å²) in [4.78, 5) is 49.2. The number of amides is 2. The third kappa shape index (κ3) is 12.7. The van der Waals surface area contributed by atoms with E-state index in [2.05, 4.69) is 17.7 Å². The number of para-hydroxylation sites is 1. The lowest BCUT2D eigenvalue weighted by atomic mass is 10.0. The van der Waals surface area contributed by atoms with Crippen molar-refractivity contribution in [2.75, 3.05) is 45.2 Å². The predicted octanol–water partition coefficient (Wildman–Crippen LogP) is 3.86. The first-order valence-electron chi connectivity index (χ1n) is 17.3. The Morgan fingerprint density at radius 1 is 0.860 bits per heavy atom. The molecule has 0 spiro atoms. The smallest absolute Gasteiger partial charge is 0.411 e. The van der Waals surface area contributed by atoms with Crippen LogP contribution in [0.2, 0.25) is 0 Å². The SMILES string of the molecule is CC(C)C(=O)OC(=O)c1ccc(OCCCCC(C)C(=O)NCC[N+]2(C)CCC(OC(=O)Nc3ccccc3-c3ccccc3)CC2)cc1.[I-]. The van der Waals surface area contributed by atoms with E-state index in [0.717, 1.165) is 73.0 Å². The summed E-state index contributed by atoms with van der Waals surface area (Å²) in [6, 6.07) is 24.1. The Labute approximate surface area is 312 Å². The number of likely N-dealkylation sites (N-methyl/N-ethyl adjacent to an activating group) is 1. The summed E-state index contributed by atoms with van der Waals surface area (Å²) < 4.78 is 17.2. The van der Waals surface area contributed by atoms with Gasteiger partial charge in [0, 0.05) is 24.3 Å². The van der Waals surface area contributed by atoms with Crippen LogP contribution in [0.5, 0.6) is 5.75 Å². The van der Waals surface area contributed by atoms with E-state index in [1.54, 1.807) is 38.1 Å². The minimum absolute atomic E-state index is 0. The summed E-state index contributed by atoms with van der Waals surface area (Å²) in [6.07, 6.45) is 3.36. The van der Waals surface area contributed by atoms with Crippen molar-refractivity contribution < 1.29 is 61.8 Å². The van der Waals surface area contributed by atoms with Crippen LogP contribution < -0.4 is 39.3 Å². The lowest BCUT2D eigenvalue weighted by Gasteiger charge is -2.40. The average molecular weight is 800 g/mol. The average Bonchev–Trinajstić information content (AvgIpc) is 3.10. The zero-order chi connectivity index (χ0) is 35.2. The lowest BCUT2D eigenvalue weighted by Crippen LogP contribution is -3.00. The van der Waals surface area contributed by atoms with Crippen LogP contribution in [0, 0.1) is 11.8 Å². The number of piperidine rings is 1. The van der Waals surface area contributed by atoms with E-state index in [9.17, 15) is 19.2 Å². The quantitative estimate of drug-likeness (QED) is 0.0789. The molecule has 2 amide bonds. The molecule has 0 radical (unpaired) electrons. The van der Waals surface area contributed by atoms with Crippen molar-refractivity contribution in [3.63, 3.8) is 0 Å². The van der Waals surface area contributed by atoms with Crippen LogP contribution >= 0.6 is 0 Å². The number of nitrogens with one attached hydrogen (secondary N) is 2. The van der Waals surface area contributed by atoms with Crippen molar-refractivity contribution in [2.24, 2.45) is 11.8 Å². The Morgan fingerprint density at radius 2 is 1.52 bits per heavy atom. The number of rotatable bonds is 15. The number of esters is 2. The molecule has 3 aromatic carbocycles. The molecule has 0 saturated carbocycles. The number of anilines is 1. The number of halogens is 1. The topological polar surface area (TPSA) is 120 Å². The highest BCUT2D eigenvalue weighted by Crippen LogP contribution is 2.28. The van der Waals surface area contributed by atoms with Crippen LogP contribution in [0.1, 0.15) is 63.2 Å². The van der Waals surface area contributed by atoms with Crippen LogP contribution in [0.15, 0.2) is 78.9 Å². The molecule has 10 nitrogen and oxygen atoms in total. The molecule has 1 aliphatic heterocycles. The second kappa shape index (κ2) is 20.0. The van der Waals surface area contributed by atoms with Gasteiger partial charge in [0.05, 0.1) is 57.0 Å². The Hall–Kier alpha value is -3.97. The van der Waals surface area contributed by atoms with Gasteiger partial charge in [-0.3, -0.25) is 14.9 Å². The summed E-state index contributed by atoms with van der Waals surface area (Å²) in [7, 11) is 2.19. The molecule has 50 heavy (non-hydrogen) atoms. The Kier molecular flexibility index (Phi) is 16.2. The van der Waals surface area contributed by atoms with Crippen molar-refractivity contribution in [3.05, 3.63) is 84.4 Å². The fraction of sp³-hybridized carbons (Fsp3) is 0.436. The minimum atomic E-state index is -0.675. The number of unbranched alkanes of at least 4 members (excludes halogenated alkanes) is 1. The summed E-state index contributed by atoms with van der Waals surface area (Å²) >= 11 is 0. The highest BCUT2D eigenvalue weighted by molar-refractivity contribution is 5.97. The van der Waals surface area contributed by atoms with Crippen LogP contribution in [-0.2, 0) is 19.1 Å². The van der Waals surface area contributed by atoms with Crippen molar-refractivity contribution >= 4 is 29.6 Å². The van der Waals surface area contributed by atoms with E-state index in [1.165, 1.54) is 0 Å². The van der Waals surface area contributed by atoms with Crippen LogP contribution in [0.3, 0.4) is 0 Å². The molecule has 1 heterocycles. The standard InChI is InChI=1S/C39H49N3O7.HI/c1-28(2)37(44)49-38(45)31-17-19-32(20-18-31)47-27-11-10-12-29(3)36(43)40-23-26-42(4)24-21-33(22-25-42)48-39(46)41-35-16-9-8-15-34(35)30-13-6-5-7-14-30;/h5-9,13-20,28-29,33H,10-12,21-27H2,1-4H3,(H-,40,41,43,46);1H. The summed E-state index contributed by atoms with van der Waals surface area (Å²) in [5.41, 5.74) is 2.98. The number of carbonyl (C=O) groups is 4. The first-order chi connectivity index (χ1) is 23.5. The van der Waals surface area contributed by atoms with Crippen LogP contribution in [0.25, 0.3) is 11.1 Å². The van der Waals surface area contributed by atoms with Crippen molar-refractivity contribution in [2.45, 2.75) is 59.0 Å². The zero-order valence-corrected chi connectivity index (χ0v) is 31.6. The van der Waals surface area contributed by atoms with Gasteiger partial charge in [0.1, 0.15) is 11.9 Å². The maximum absolute atomic E-state index is 12.8. The zero-order valence-electron chi connectivity index (χ0n) is 29.5.